The second kappa shape index (κ2) is 6.50. The Balaban J connectivity index is 0.00000112. The first-order chi connectivity index (χ1) is 6.88. The van der Waals surface area contributed by atoms with Gasteiger partial charge in [0.1, 0.15) is 0 Å². The van der Waals surface area contributed by atoms with Gasteiger partial charge in [0.25, 0.3) is 0 Å². The van der Waals surface area contributed by atoms with Crippen molar-refractivity contribution in [3.05, 3.63) is 24.4 Å². The molecule has 3 nitrogen and oxygen atoms in total. The van der Waals surface area contributed by atoms with Gasteiger partial charge in [-0.15, -0.1) is 0 Å². The fourth-order valence-electron chi connectivity index (χ4n) is 1.17. The van der Waals surface area contributed by atoms with Gasteiger partial charge in [-0.3, -0.25) is 4.99 Å². The van der Waals surface area contributed by atoms with Crippen LogP contribution in [0.4, 0.5) is 5.82 Å². The zero-order chi connectivity index (χ0) is 9.80. The zero-order valence-electron chi connectivity index (χ0n) is 7.91. The Bertz CT molecular complexity index is 331. The van der Waals surface area contributed by atoms with E-state index in [0.29, 0.717) is 5.25 Å². The molecule has 2 rings (SSSR count). The van der Waals surface area contributed by atoms with Crippen LogP contribution in [0, 0.1) is 0 Å². The van der Waals surface area contributed by atoms with Crippen LogP contribution in [0.1, 0.15) is 0 Å². The number of hydrogen-bond donors (Lipinski definition) is 2. The highest BCUT2D eigenvalue weighted by atomic mass is 79.9. The Morgan fingerprint density at radius 3 is 3.07 bits per heavy atom. The van der Waals surface area contributed by atoms with E-state index >= 15 is 0 Å². The van der Waals surface area contributed by atoms with Gasteiger partial charge in [-0.1, -0.05) is 22.0 Å². The van der Waals surface area contributed by atoms with Crippen LogP contribution in [0.2, 0.25) is 0 Å². The largest absolute Gasteiger partial charge is 1.00 e. The minimum Gasteiger partial charge on any atom is -1.00 e. The molecule has 0 spiro atoms. The van der Waals surface area contributed by atoms with E-state index in [1.807, 2.05) is 30.0 Å². The number of alkyl halides is 1. The molecule has 1 aromatic rings. The van der Waals surface area contributed by atoms with Crippen LogP contribution in [-0.2, 0) is 0 Å². The molecule has 1 unspecified atom stereocenters. The third-order valence-electron chi connectivity index (χ3n) is 1.85. The molecule has 1 aliphatic rings. The summed E-state index contributed by atoms with van der Waals surface area (Å²) < 4.78 is 0. The quantitative estimate of drug-likeness (QED) is 0.575. The lowest BCUT2D eigenvalue weighted by Gasteiger charge is -1.98. The topological polar surface area (TPSA) is 38.9 Å². The van der Waals surface area contributed by atoms with Crippen LogP contribution in [-0.4, -0.2) is 27.3 Å². The van der Waals surface area contributed by atoms with E-state index < -0.39 is 0 Å². The monoisotopic (exact) mass is 351 g/mol. The lowest BCUT2D eigenvalue weighted by atomic mass is 10.5. The van der Waals surface area contributed by atoms with E-state index in [1.54, 1.807) is 6.20 Å². The fraction of sp³-hybridized carbons (Fsp3) is 0.333. The molecule has 1 aromatic heterocycles. The van der Waals surface area contributed by atoms with Gasteiger partial charge in [0.2, 0.25) is 5.82 Å². The average molecular weight is 353 g/mol. The number of hydrogen-bond acceptors (Lipinski definition) is 3. The van der Waals surface area contributed by atoms with Gasteiger partial charge >= 0.3 is 5.17 Å². The van der Waals surface area contributed by atoms with Crippen molar-refractivity contribution in [3.8, 4) is 0 Å². The van der Waals surface area contributed by atoms with Crippen molar-refractivity contribution >= 4 is 38.7 Å². The molecular weight excluding hydrogens is 342 g/mol. The number of thioether (sulfide) groups is 1. The highest BCUT2D eigenvalue weighted by Crippen LogP contribution is 2.15. The molecule has 1 aliphatic heterocycles. The number of pyridine rings is 1. The predicted octanol–water partition coefficient (Wildman–Crippen LogP) is -2.56. The number of anilines is 1. The predicted molar refractivity (Wildman–Crippen MR) is 63.9 cm³/mol. The van der Waals surface area contributed by atoms with E-state index in [2.05, 4.69) is 31.2 Å². The number of rotatable bonds is 2. The van der Waals surface area contributed by atoms with Crippen molar-refractivity contribution in [1.82, 2.24) is 4.98 Å². The number of nitrogens with zero attached hydrogens (tertiary/aromatic N) is 1. The summed E-state index contributed by atoms with van der Waals surface area (Å²) in [6.07, 6.45) is 1.78. The minimum atomic E-state index is 0. The normalized spacial score (nSPS) is 19.3. The van der Waals surface area contributed by atoms with Crippen LogP contribution in [0.25, 0.3) is 0 Å². The molecular formula is C9H11Br2N3S. The Morgan fingerprint density at radius 1 is 1.60 bits per heavy atom. The van der Waals surface area contributed by atoms with Crippen LogP contribution in [0.15, 0.2) is 24.4 Å². The molecule has 0 bridgehead atoms. The van der Waals surface area contributed by atoms with Gasteiger partial charge in [0.05, 0.1) is 11.8 Å². The van der Waals surface area contributed by atoms with E-state index in [4.69, 9.17) is 0 Å². The summed E-state index contributed by atoms with van der Waals surface area (Å²) in [6, 6.07) is 5.83. The highest BCUT2D eigenvalue weighted by Gasteiger charge is 2.23. The summed E-state index contributed by atoms with van der Waals surface area (Å²) in [7, 11) is 0. The van der Waals surface area contributed by atoms with Crippen molar-refractivity contribution in [3.63, 3.8) is 0 Å². The molecule has 0 saturated carbocycles. The second-order valence-electron chi connectivity index (χ2n) is 2.94. The van der Waals surface area contributed by atoms with Gasteiger partial charge in [0.15, 0.2) is 0 Å². The molecule has 0 aromatic carbocycles. The number of aromatic nitrogens is 1. The third-order valence-corrected chi connectivity index (χ3v) is 4.21. The van der Waals surface area contributed by atoms with Crippen molar-refractivity contribution in [2.24, 2.45) is 0 Å². The molecule has 0 saturated heterocycles. The molecule has 82 valence electrons. The molecule has 0 amide bonds. The van der Waals surface area contributed by atoms with E-state index in [9.17, 15) is 0 Å². The number of halogens is 2. The first-order valence-electron chi connectivity index (χ1n) is 4.40. The van der Waals surface area contributed by atoms with Crippen molar-refractivity contribution < 1.29 is 22.0 Å². The van der Waals surface area contributed by atoms with Crippen molar-refractivity contribution in [2.75, 3.05) is 17.2 Å². The van der Waals surface area contributed by atoms with E-state index in [-0.39, 0.29) is 17.0 Å². The summed E-state index contributed by atoms with van der Waals surface area (Å²) in [6.45, 7) is 1.01. The van der Waals surface area contributed by atoms with E-state index in [0.717, 1.165) is 22.9 Å². The Morgan fingerprint density at radius 2 is 2.47 bits per heavy atom. The molecule has 0 radical (unpaired) electrons. The average Bonchev–Trinajstić information content (AvgIpc) is 2.67. The van der Waals surface area contributed by atoms with Gasteiger partial charge in [-0.05, 0) is 17.8 Å². The first-order valence-corrected chi connectivity index (χ1v) is 6.40. The minimum absolute atomic E-state index is 0. The Hall–Kier alpha value is -0.0700. The number of nitrogens with one attached hydrogen (secondary N) is 2. The molecule has 1 atom stereocenters. The van der Waals surface area contributed by atoms with E-state index in [1.165, 1.54) is 0 Å². The van der Waals surface area contributed by atoms with Gasteiger partial charge < -0.3 is 17.0 Å². The molecule has 2 heterocycles. The Kier molecular flexibility index (Phi) is 5.63. The summed E-state index contributed by atoms with van der Waals surface area (Å²) in [4.78, 5) is 7.50. The Labute approximate surface area is 112 Å². The van der Waals surface area contributed by atoms with Gasteiger partial charge in [0, 0.05) is 17.6 Å². The van der Waals surface area contributed by atoms with Crippen LogP contribution in [0.3, 0.4) is 0 Å². The maximum absolute atomic E-state index is 4.20. The lowest BCUT2D eigenvalue weighted by molar-refractivity contribution is -0.448. The van der Waals surface area contributed by atoms with Gasteiger partial charge in [-0.2, -0.15) is 0 Å². The molecule has 0 aliphatic carbocycles. The SMILES string of the molecule is BrCC1C[NH+]=C(Nc2ccccn2)S1.[Br-]. The van der Waals surface area contributed by atoms with Crippen LogP contribution < -0.4 is 27.3 Å². The summed E-state index contributed by atoms with van der Waals surface area (Å²) in [5.74, 6) is 0.887. The molecule has 15 heavy (non-hydrogen) atoms. The molecule has 2 N–H and O–H groups in total. The summed E-state index contributed by atoms with van der Waals surface area (Å²) in [5.41, 5.74) is 0. The maximum Gasteiger partial charge on any atom is 0.310 e. The standard InChI is InChI=1S/C9H10BrN3S.BrH/c10-5-7-6-12-9(14-7)13-8-3-1-2-4-11-8;/h1-4,7H,5-6H2,(H,11,12,13);1H. The first kappa shape index (κ1) is 13.0. The van der Waals surface area contributed by atoms with Crippen molar-refractivity contribution in [2.45, 2.75) is 5.25 Å². The smallest absolute Gasteiger partial charge is 0.310 e. The molecule has 6 heteroatoms. The third kappa shape index (κ3) is 3.77. The van der Waals surface area contributed by atoms with Crippen LogP contribution in [0.5, 0.6) is 0 Å². The summed E-state index contributed by atoms with van der Waals surface area (Å²) in [5, 5.41) is 5.96. The maximum atomic E-state index is 4.20. The number of amidine groups is 1. The second-order valence-corrected chi connectivity index (χ2v) is 4.90. The fourth-order valence-corrected chi connectivity index (χ4v) is 2.69. The highest BCUT2D eigenvalue weighted by molar-refractivity contribution is 9.09. The van der Waals surface area contributed by atoms with Gasteiger partial charge in [-0.25, -0.2) is 10.3 Å². The molecule has 0 fully saturated rings. The zero-order valence-corrected chi connectivity index (χ0v) is 11.9. The lowest BCUT2D eigenvalue weighted by Crippen LogP contribution is -3.00. The van der Waals surface area contributed by atoms with Crippen LogP contribution >= 0.6 is 27.7 Å². The summed E-state index contributed by atoms with van der Waals surface area (Å²) >= 11 is 5.28. The van der Waals surface area contributed by atoms with Crippen molar-refractivity contribution in [1.29, 1.82) is 0 Å².